The molecule has 0 saturated heterocycles. The topological polar surface area (TPSA) is 30.2 Å². The zero-order valence-electron chi connectivity index (χ0n) is 21.7. The molecule has 0 bridgehead atoms. The number of hydrogen-bond donors (Lipinski definition) is 0. The van der Waals surface area contributed by atoms with Crippen LogP contribution in [0.1, 0.15) is 98.2 Å². The second-order valence-electron chi connectivity index (χ2n) is 13.2. The Kier molecular flexibility index (Phi) is 5.25. The summed E-state index contributed by atoms with van der Waals surface area (Å²) in [5.74, 6) is 0. The minimum atomic E-state index is -0.0535. The quantitative estimate of drug-likeness (QED) is 0.193. The Bertz CT molecular complexity index is 1410. The molecule has 0 saturated carbocycles. The molecule has 33 heavy (non-hydrogen) atoms. The number of hydrogen-bond acceptors (Lipinski definition) is 2. The molecule has 3 heterocycles. The second-order valence-corrected chi connectivity index (χ2v) is 13.2. The van der Waals surface area contributed by atoms with Gasteiger partial charge in [0.2, 0.25) is 0 Å². The summed E-state index contributed by atoms with van der Waals surface area (Å²) in [6.07, 6.45) is 2.99. The molecule has 4 heteroatoms. The number of imidazole rings is 1. The van der Waals surface area contributed by atoms with Gasteiger partial charge in [0.05, 0.1) is 11.0 Å². The van der Waals surface area contributed by atoms with E-state index in [1.807, 2.05) is 6.20 Å². The van der Waals surface area contributed by atoms with Crippen molar-refractivity contribution in [3.63, 3.8) is 0 Å². The van der Waals surface area contributed by atoms with Gasteiger partial charge in [-0.25, -0.2) is 0 Å². The van der Waals surface area contributed by atoms with E-state index in [0.29, 0.717) is 0 Å². The van der Waals surface area contributed by atoms with Gasteiger partial charge >= 0.3 is 0 Å². The first-order valence-corrected chi connectivity index (χ1v) is 11.8. The van der Waals surface area contributed by atoms with E-state index in [4.69, 9.17) is 9.97 Å². The zero-order chi connectivity index (χ0) is 23.4. The van der Waals surface area contributed by atoms with Crippen molar-refractivity contribution in [2.75, 3.05) is 0 Å². The average Bonchev–Trinajstić information content (AvgIpc) is 3.10. The molecule has 0 unspecified atom stereocenters. The molecule has 1 aromatic carbocycles. The third kappa shape index (κ3) is 3.56. The Balaban J connectivity index is 0.00000259. The molecular weight excluding hydrogens is 583 g/mol. The largest absolute Gasteiger partial charge is 0.351 e. The van der Waals surface area contributed by atoms with Gasteiger partial charge in [-0.15, -0.1) is 10.8 Å². The van der Waals surface area contributed by atoms with Crippen LogP contribution in [0.15, 0.2) is 24.4 Å². The summed E-state index contributed by atoms with van der Waals surface area (Å²) in [6.45, 7) is 23.0. The molecule has 1 aliphatic rings. The predicted octanol–water partition coefficient (Wildman–Crippen LogP) is 7.39. The molecule has 0 amide bonds. The first kappa shape index (κ1) is 24.4. The van der Waals surface area contributed by atoms with Crippen LogP contribution in [0.4, 0.5) is 0 Å². The summed E-state index contributed by atoms with van der Waals surface area (Å²) in [7, 11) is 0. The Morgan fingerprint density at radius 3 is 2.06 bits per heavy atom. The summed E-state index contributed by atoms with van der Waals surface area (Å²) in [5, 5.41) is 2.23. The standard InChI is InChI=1S/C29H36N3.Ir/c1-26(2,3)23-13-18-17(11-12-30-24(18)27(4,5)6)25-31-21-14-19-20(15-22(21)32(23)25)29(9,10)16-28(19,7)8;/h12-15H,16H2,1-10H3;/q-1;. The molecule has 0 atom stereocenters. The van der Waals surface area contributed by atoms with Crippen LogP contribution < -0.4 is 0 Å². The Morgan fingerprint density at radius 1 is 0.879 bits per heavy atom. The van der Waals surface area contributed by atoms with Gasteiger partial charge in [0, 0.05) is 36.9 Å². The van der Waals surface area contributed by atoms with E-state index in [0.717, 1.165) is 28.7 Å². The van der Waals surface area contributed by atoms with Gasteiger partial charge in [0.1, 0.15) is 0 Å². The van der Waals surface area contributed by atoms with E-state index in [1.54, 1.807) is 0 Å². The Hall–Kier alpha value is -1.77. The van der Waals surface area contributed by atoms with Crippen molar-refractivity contribution in [1.29, 1.82) is 0 Å². The van der Waals surface area contributed by atoms with Crippen molar-refractivity contribution < 1.29 is 20.1 Å². The molecular formula is C29H36IrN3-. The minimum Gasteiger partial charge on any atom is -0.351 e. The maximum Gasteiger partial charge on any atom is 0.0738 e. The fourth-order valence-corrected chi connectivity index (χ4v) is 6.05. The summed E-state index contributed by atoms with van der Waals surface area (Å²) in [6, 6.07) is 10.6. The third-order valence-corrected chi connectivity index (χ3v) is 7.29. The van der Waals surface area contributed by atoms with Crippen LogP contribution in [0.3, 0.4) is 0 Å². The maximum absolute atomic E-state index is 5.24. The zero-order valence-corrected chi connectivity index (χ0v) is 24.1. The van der Waals surface area contributed by atoms with Crippen LogP contribution in [0.25, 0.3) is 27.5 Å². The van der Waals surface area contributed by atoms with E-state index in [9.17, 15) is 0 Å². The number of fused-ring (bicyclic) bond motifs is 6. The van der Waals surface area contributed by atoms with E-state index < -0.39 is 0 Å². The second kappa shape index (κ2) is 7.12. The molecule has 3 nitrogen and oxygen atoms in total. The third-order valence-electron chi connectivity index (χ3n) is 7.29. The van der Waals surface area contributed by atoms with Gasteiger partial charge in [-0.2, -0.15) is 6.07 Å². The molecule has 3 aromatic heterocycles. The molecule has 1 radical (unpaired) electrons. The van der Waals surface area contributed by atoms with E-state index in [-0.39, 0.29) is 41.8 Å². The van der Waals surface area contributed by atoms with Gasteiger partial charge in [-0.05, 0) is 57.8 Å². The molecule has 1 aliphatic carbocycles. The average molecular weight is 619 g/mol. The van der Waals surface area contributed by atoms with Crippen LogP contribution in [0, 0.1) is 6.07 Å². The summed E-state index contributed by atoms with van der Waals surface area (Å²) in [5.41, 5.74) is 8.79. The summed E-state index contributed by atoms with van der Waals surface area (Å²) < 4.78 is 2.39. The minimum absolute atomic E-state index is 0. The first-order chi connectivity index (χ1) is 14.6. The fourth-order valence-electron chi connectivity index (χ4n) is 6.05. The SMILES string of the molecule is CC(C)(C)c1nc[c-]c2c1cc(C(C)(C)C)n1c3cc4c(cc3nc21)C(C)(C)CC4(C)C.[Ir]. The first-order valence-electron chi connectivity index (χ1n) is 11.8. The van der Waals surface area contributed by atoms with Crippen molar-refractivity contribution in [2.45, 2.75) is 97.3 Å². The van der Waals surface area contributed by atoms with Crippen LogP contribution >= 0.6 is 0 Å². The van der Waals surface area contributed by atoms with Gasteiger partial charge in [0.25, 0.3) is 0 Å². The summed E-state index contributed by atoms with van der Waals surface area (Å²) >= 11 is 0. The van der Waals surface area contributed by atoms with Gasteiger partial charge in [-0.1, -0.05) is 75.3 Å². The molecule has 0 fully saturated rings. The molecule has 0 N–H and O–H groups in total. The van der Waals surface area contributed by atoms with E-state index in [2.05, 4.69) is 97.9 Å². The van der Waals surface area contributed by atoms with E-state index in [1.165, 1.54) is 27.7 Å². The van der Waals surface area contributed by atoms with E-state index >= 15 is 0 Å². The number of rotatable bonds is 0. The normalized spacial score (nSPS) is 17.5. The van der Waals surface area contributed by atoms with Gasteiger partial charge in [-0.3, -0.25) is 9.97 Å². The Morgan fingerprint density at radius 2 is 1.48 bits per heavy atom. The maximum atomic E-state index is 5.24. The van der Waals surface area contributed by atoms with Crippen LogP contribution in [0.5, 0.6) is 0 Å². The smallest absolute Gasteiger partial charge is 0.0738 e. The monoisotopic (exact) mass is 619 g/mol. The van der Waals surface area contributed by atoms with Crippen molar-refractivity contribution >= 4 is 27.5 Å². The number of aromatic nitrogens is 3. The van der Waals surface area contributed by atoms with Crippen molar-refractivity contribution in [3.05, 3.63) is 53.0 Å². The predicted molar refractivity (Wildman–Crippen MR) is 135 cm³/mol. The Labute approximate surface area is 211 Å². The van der Waals surface area contributed by atoms with Crippen LogP contribution in [-0.4, -0.2) is 14.4 Å². The number of pyridine rings is 2. The molecule has 4 aromatic rings. The van der Waals surface area contributed by atoms with Gasteiger partial charge < -0.3 is 4.40 Å². The van der Waals surface area contributed by atoms with Gasteiger partial charge in [0.15, 0.2) is 0 Å². The fraction of sp³-hybridized carbons (Fsp3) is 0.517. The summed E-state index contributed by atoms with van der Waals surface area (Å²) in [4.78, 5) is 9.99. The molecule has 0 spiro atoms. The number of nitrogens with zero attached hydrogens (tertiary/aromatic N) is 3. The van der Waals surface area contributed by atoms with Crippen LogP contribution in [-0.2, 0) is 41.8 Å². The molecule has 5 rings (SSSR count). The number of benzene rings is 1. The molecule has 0 aliphatic heterocycles. The van der Waals surface area contributed by atoms with Crippen molar-refractivity contribution in [1.82, 2.24) is 14.4 Å². The van der Waals surface area contributed by atoms with Crippen molar-refractivity contribution in [2.24, 2.45) is 0 Å². The van der Waals surface area contributed by atoms with Crippen molar-refractivity contribution in [3.8, 4) is 0 Å². The molecule has 177 valence electrons. The van der Waals surface area contributed by atoms with Crippen LogP contribution in [0.2, 0.25) is 0 Å².